The van der Waals surface area contributed by atoms with Gasteiger partial charge >= 0.3 is 0 Å². The summed E-state index contributed by atoms with van der Waals surface area (Å²) in [4.78, 5) is 0. The molecule has 3 rings (SSSR count). The van der Waals surface area contributed by atoms with Crippen LogP contribution >= 0.6 is 0 Å². The summed E-state index contributed by atoms with van der Waals surface area (Å²) < 4.78 is 19.9. The highest BCUT2D eigenvalue weighted by molar-refractivity contribution is 5.37. The lowest BCUT2D eigenvalue weighted by atomic mass is 9.97. The molecular weight excluding hydrogens is 265 g/mol. The van der Waals surface area contributed by atoms with Gasteiger partial charge in [0.15, 0.2) is 0 Å². The fraction of sp³-hybridized carbons (Fsp3) is 0.333. The lowest BCUT2D eigenvalue weighted by Crippen LogP contribution is -2.19. The van der Waals surface area contributed by atoms with Gasteiger partial charge in [-0.2, -0.15) is 0 Å². The zero-order chi connectivity index (χ0) is 14.8. The average molecular weight is 285 g/mol. The molecule has 0 amide bonds. The van der Waals surface area contributed by atoms with Gasteiger partial charge in [0, 0.05) is 5.56 Å². The summed E-state index contributed by atoms with van der Waals surface area (Å²) >= 11 is 0. The van der Waals surface area contributed by atoms with Crippen molar-refractivity contribution >= 4 is 0 Å². The number of ether oxygens (including phenoxy) is 1. The standard InChI is InChI=1S/C18H20FNO/c1-12-3-10-16(17(19)11-12)18(20-2)13-4-6-14(7-5-13)21-15-8-9-15/h3-7,10-11,15,18,20H,8-9H2,1-2H3. The lowest BCUT2D eigenvalue weighted by molar-refractivity contribution is 0.303. The van der Waals surface area contributed by atoms with Crippen LogP contribution < -0.4 is 10.1 Å². The molecule has 1 fully saturated rings. The monoisotopic (exact) mass is 285 g/mol. The molecule has 1 atom stereocenters. The third-order valence-electron chi connectivity index (χ3n) is 3.80. The van der Waals surface area contributed by atoms with Gasteiger partial charge in [0.25, 0.3) is 0 Å². The van der Waals surface area contributed by atoms with Gasteiger partial charge in [-0.25, -0.2) is 4.39 Å². The Kier molecular flexibility index (Phi) is 3.93. The molecule has 21 heavy (non-hydrogen) atoms. The lowest BCUT2D eigenvalue weighted by Gasteiger charge is -2.18. The van der Waals surface area contributed by atoms with Crippen molar-refractivity contribution in [3.63, 3.8) is 0 Å². The van der Waals surface area contributed by atoms with Gasteiger partial charge in [0.1, 0.15) is 11.6 Å². The maximum atomic E-state index is 14.2. The maximum Gasteiger partial charge on any atom is 0.128 e. The zero-order valence-electron chi connectivity index (χ0n) is 12.4. The Morgan fingerprint density at radius 2 is 1.86 bits per heavy atom. The normalized spacial score (nSPS) is 15.8. The fourth-order valence-corrected chi connectivity index (χ4v) is 2.49. The first-order chi connectivity index (χ1) is 10.2. The highest BCUT2D eigenvalue weighted by Gasteiger charge is 2.23. The van der Waals surface area contributed by atoms with Gasteiger partial charge in [0.2, 0.25) is 0 Å². The first kappa shape index (κ1) is 14.1. The number of hydrogen-bond acceptors (Lipinski definition) is 2. The second-order valence-electron chi connectivity index (χ2n) is 5.63. The molecule has 1 aliphatic carbocycles. The van der Waals surface area contributed by atoms with Gasteiger partial charge in [-0.05, 0) is 56.1 Å². The van der Waals surface area contributed by atoms with Crippen molar-refractivity contribution in [2.45, 2.75) is 31.9 Å². The van der Waals surface area contributed by atoms with Crippen LogP contribution in [0.2, 0.25) is 0 Å². The molecule has 0 bridgehead atoms. The van der Waals surface area contributed by atoms with Crippen molar-refractivity contribution < 1.29 is 9.13 Å². The van der Waals surface area contributed by atoms with E-state index in [-0.39, 0.29) is 11.9 Å². The van der Waals surface area contributed by atoms with E-state index in [4.69, 9.17) is 4.74 Å². The van der Waals surface area contributed by atoms with Crippen LogP contribution in [0, 0.1) is 12.7 Å². The summed E-state index contributed by atoms with van der Waals surface area (Å²) in [6.45, 7) is 1.89. The van der Waals surface area contributed by atoms with Gasteiger partial charge in [-0.3, -0.25) is 0 Å². The topological polar surface area (TPSA) is 21.3 Å². The molecule has 1 N–H and O–H groups in total. The van der Waals surface area contributed by atoms with Crippen LogP contribution in [0.3, 0.4) is 0 Å². The fourth-order valence-electron chi connectivity index (χ4n) is 2.49. The minimum absolute atomic E-state index is 0.152. The molecule has 2 nitrogen and oxygen atoms in total. The molecule has 0 radical (unpaired) electrons. The summed E-state index contributed by atoms with van der Waals surface area (Å²) in [7, 11) is 1.85. The zero-order valence-corrected chi connectivity index (χ0v) is 12.4. The Morgan fingerprint density at radius 3 is 2.43 bits per heavy atom. The summed E-state index contributed by atoms with van der Waals surface area (Å²) in [6.07, 6.45) is 2.69. The van der Waals surface area contributed by atoms with E-state index in [0.29, 0.717) is 11.7 Å². The third-order valence-corrected chi connectivity index (χ3v) is 3.80. The molecule has 0 aliphatic heterocycles. The first-order valence-electron chi connectivity index (χ1n) is 7.37. The average Bonchev–Trinajstić information content (AvgIpc) is 3.27. The van der Waals surface area contributed by atoms with Crippen molar-refractivity contribution in [3.8, 4) is 5.75 Å². The summed E-state index contributed by atoms with van der Waals surface area (Å²) in [6, 6.07) is 13.1. The minimum Gasteiger partial charge on any atom is -0.490 e. The molecule has 0 heterocycles. The highest BCUT2D eigenvalue weighted by atomic mass is 19.1. The molecule has 110 valence electrons. The Labute approximate surface area is 125 Å². The van der Waals surface area contributed by atoms with Crippen LogP contribution in [0.1, 0.15) is 35.6 Å². The number of benzene rings is 2. The van der Waals surface area contributed by atoms with Gasteiger partial charge in [-0.15, -0.1) is 0 Å². The molecule has 1 unspecified atom stereocenters. The smallest absolute Gasteiger partial charge is 0.128 e. The molecule has 2 aromatic rings. The van der Waals surface area contributed by atoms with Crippen molar-refractivity contribution in [1.82, 2.24) is 5.32 Å². The van der Waals surface area contributed by atoms with Crippen LogP contribution in [-0.4, -0.2) is 13.2 Å². The van der Waals surface area contributed by atoms with E-state index in [9.17, 15) is 4.39 Å². The molecule has 2 aromatic carbocycles. The summed E-state index contributed by atoms with van der Waals surface area (Å²) in [5, 5.41) is 3.19. The van der Waals surface area contributed by atoms with Gasteiger partial charge in [-0.1, -0.05) is 24.3 Å². The Balaban J connectivity index is 1.84. The number of hydrogen-bond donors (Lipinski definition) is 1. The molecule has 0 aromatic heterocycles. The van der Waals surface area contributed by atoms with Crippen LogP contribution in [0.4, 0.5) is 4.39 Å². The largest absolute Gasteiger partial charge is 0.490 e. The van der Waals surface area contributed by atoms with E-state index in [1.807, 2.05) is 50.4 Å². The predicted molar refractivity (Wildman–Crippen MR) is 82.1 cm³/mol. The quantitative estimate of drug-likeness (QED) is 0.897. The van der Waals surface area contributed by atoms with Crippen molar-refractivity contribution in [1.29, 1.82) is 0 Å². The van der Waals surface area contributed by atoms with E-state index < -0.39 is 0 Å². The molecule has 1 aliphatic rings. The van der Waals surface area contributed by atoms with Crippen LogP contribution in [-0.2, 0) is 0 Å². The predicted octanol–water partition coefficient (Wildman–Crippen LogP) is 3.98. The van der Waals surface area contributed by atoms with E-state index in [1.54, 1.807) is 6.07 Å². The van der Waals surface area contributed by atoms with Crippen molar-refractivity contribution in [3.05, 3.63) is 65.0 Å². The van der Waals surface area contributed by atoms with Crippen LogP contribution in [0.5, 0.6) is 5.75 Å². The second kappa shape index (κ2) is 5.86. The molecular formula is C18H20FNO. The summed E-state index contributed by atoms with van der Waals surface area (Å²) in [5.41, 5.74) is 2.63. The molecule has 0 saturated heterocycles. The minimum atomic E-state index is -0.173. The van der Waals surface area contributed by atoms with Crippen LogP contribution in [0.25, 0.3) is 0 Å². The summed E-state index contributed by atoms with van der Waals surface area (Å²) in [5.74, 6) is 0.716. The van der Waals surface area contributed by atoms with E-state index in [2.05, 4.69) is 5.32 Å². The van der Waals surface area contributed by atoms with Crippen molar-refractivity contribution in [2.75, 3.05) is 7.05 Å². The molecule has 1 saturated carbocycles. The Morgan fingerprint density at radius 1 is 1.14 bits per heavy atom. The molecule has 0 spiro atoms. The SMILES string of the molecule is CNC(c1ccc(OC2CC2)cc1)c1ccc(C)cc1F. The Hall–Kier alpha value is -1.87. The second-order valence-corrected chi connectivity index (χ2v) is 5.63. The third kappa shape index (κ3) is 3.24. The van der Waals surface area contributed by atoms with Crippen molar-refractivity contribution in [2.24, 2.45) is 0 Å². The number of nitrogens with one attached hydrogen (secondary N) is 1. The van der Waals surface area contributed by atoms with Gasteiger partial charge < -0.3 is 10.1 Å². The number of aryl methyl sites for hydroxylation is 1. The van der Waals surface area contributed by atoms with Gasteiger partial charge in [0.05, 0.1) is 12.1 Å². The maximum absolute atomic E-state index is 14.2. The van der Waals surface area contributed by atoms with Crippen LogP contribution in [0.15, 0.2) is 42.5 Å². The van der Waals surface area contributed by atoms with E-state index >= 15 is 0 Å². The van der Waals surface area contributed by atoms with E-state index in [0.717, 1.165) is 29.7 Å². The van der Waals surface area contributed by atoms with E-state index in [1.165, 1.54) is 0 Å². The Bertz CT molecular complexity index is 620. The number of rotatable bonds is 5. The number of halogens is 1. The first-order valence-corrected chi connectivity index (χ1v) is 7.37. The molecule has 3 heteroatoms. The highest BCUT2D eigenvalue weighted by Crippen LogP contribution is 2.29.